The minimum Gasteiger partial charge on any atom is -0.493 e. The van der Waals surface area contributed by atoms with Crippen molar-refractivity contribution in [3.8, 4) is 11.5 Å². The molecule has 124 valence electrons. The maximum absolute atomic E-state index is 12.4. The Morgan fingerprint density at radius 1 is 1.25 bits per heavy atom. The highest BCUT2D eigenvalue weighted by Gasteiger charge is 2.12. The minimum absolute atomic E-state index is 0.0797. The van der Waals surface area contributed by atoms with Crippen LogP contribution >= 0.6 is 0 Å². The van der Waals surface area contributed by atoms with E-state index in [1.165, 1.54) is 18.2 Å². The van der Waals surface area contributed by atoms with Gasteiger partial charge >= 0.3 is 6.61 Å². The maximum Gasteiger partial charge on any atom is 0.387 e. The fraction of sp³-hybridized carbons (Fsp3) is 0.167. The van der Waals surface area contributed by atoms with Crippen LogP contribution in [0.3, 0.4) is 0 Å². The number of rotatable bonds is 5. The molecule has 4 nitrogen and oxygen atoms in total. The third-order valence-electron chi connectivity index (χ3n) is 3.50. The van der Waals surface area contributed by atoms with E-state index in [-0.39, 0.29) is 11.4 Å². The van der Waals surface area contributed by atoms with Crippen LogP contribution in [-0.2, 0) is 11.2 Å². The van der Waals surface area contributed by atoms with Crippen molar-refractivity contribution in [3.05, 3.63) is 59.7 Å². The summed E-state index contributed by atoms with van der Waals surface area (Å²) in [5, 5.41) is 2.53. The van der Waals surface area contributed by atoms with Crippen LogP contribution in [0.4, 0.5) is 14.5 Å². The summed E-state index contributed by atoms with van der Waals surface area (Å²) < 4.78 is 34.5. The summed E-state index contributed by atoms with van der Waals surface area (Å²) in [7, 11) is 0. The molecule has 0 atom stereocenters. The van der Waals surface area contributed by atoms with Crippen LogP contribution in [0, 0.1) is 0 Å². The molecule has 0 aliphatic carbocycles. The summed E-state index contributed by atoms with van der Waals surface area (Å²) in [6.45, 7) is -2.28. The monoisotopic (exact) mass is 331 g/mol. The number of para-hydroxylation sites is 2. The van der Waals surface area contributed by atoms with Crippen molar-refractivity contribution < 1.29 is 23.0 Å². The van der Waals surface area contributed by atoms with E-state index >= 15 is 0 Å². The van der Waals surface area contributed by atoms with Crippen molar-refractivity contribution in [2.45, 2.75) is 13.0 Å². The number of halogens is 2. The Bertz CT molecular complexity index is 775. The zero-order valence-corrected chi connectivity index (χ0v) is 12.7. The van der Waals surface area contributed by atoms with Crippen molar-refractivity contribution >= 4 is 17.7 Å². The second-order valence-electron chi connectivity index (χ2n) is 5.16. The summed E-state index contributed by atoms with van der Waals surface area (Å²) in [5.41, 5.74) is 2.16. The van der Waals surface area contributed by atoms with E-state index in [0.717, 1.165) is 23.3 Å². The van der Waals surface area contributed by atoms with E-state index < -0.39 is 12.5 Å². The standard InChI is InChI=1S/C18H15F2NO3/c19-18(20)24-16-4-2-1-3-14(16)21-17(22)8-6-12-5-7-15-13(11-12)9-10-23-15/h1-8,11,18H,9-10H2,(H,21,22). The van der Waals surface area contributed by atoms with Gasteiger partial charge in [0.15, 0.2) is 0 Å². The van der Waals surface area contributed by atoms with E-state index in [4.69, 9.17) is 4.74 Å². The molecule has 3 rings (SSSR count). The van der Waals surface area contributed by atoms with Crippen molar-refractivity contribution in [3.63, 3.8) is 0 Å². The lowest BCUT2D eigenvalue weighted by Crippen LogP contribution is -2.11. The van der Waals surface area contributed by atoms with Gasteiger partial charge in [0.25, 0.3) is 0 Å². The first-order chi connectivity index (χ1) is 11.6. The number of fused-ring (bicyclic) bond motifs is 1. The zero-order valence-electron chi connectivity index (χ0n) is 12.7. The predicted octanol–water partition coefficient (Wildman–Crippen LogP) is 3.87. The smallest absolute Gasteiger partial charge is 0.387 e. The molecular formula is C18H15F2NO3. The van der Waals surface area contributed by atoms with Gasteiger partial charge in [-0.1, -0.05) is 18.2 Å². The topological polar surface area (TPSA) is 47.6 Å². The van der Waals surface area contributed by atoms with E-state index in [9.17, 15) is 13.6 Å². The number of hydrogen-bond acceptors (Lipinski definition) is 3. The van der Waals surface area contributed by atoms with Gasteiger partial charge in [-0.3, -0.25) is 4.79 Å². The van der Waals surface area contributed by atoms with Gasteiger partial charge in [0, 0.05) is 12.5 Å². The Balaban J connectivity index is 1.67. The van der Waals surface area contributed by atoms with Gasteiger partial charge in [-0.05, 0) is 41.5 Å². The zero-order chi connectivity index (χ0) is 16.9. The second-order valence-corrected chi connectivity index (χ2v) is 5.16. The summed E-state index contributed by atoms with van der Waals surface area (Å²) in [4.78, 5) is 12.0. The number of hydrogen-bond donors (Lipinski definition) is 1. The van der Waals surface area contributed by atoms with Crippen LogP contribution in [0.1, 0.15) is 11.1 Å². The molecule has 0 saturated carbocycles. The molecule has 1 aliphatic heterocycles. The molecule has 0 fully saturated rings. The van der Waals surface area contributed by atoms with Crippen molar-refractivity contribution in [1.29, 1.82) is 0 Å². The summed E-state index contributed by atoms with van der Waals surface area (Å²) in [5.74, 6) is 0.357. The third-order valence-corrected chi connectivity index (χ3v) is 3.50. The molecule has 6 heteroatoms. The normalized spacial score (nSPS) is 13.0. The van der Waals surface area contributed by atoms with Gasteiger partial charge < -0.3 is 14.8 Å². The highest BCUT2D eigenvalue weighted by Crippen LogP contribution is 2.27. The van der Waals surface area contributed by atoms with Crippen LogP contribution in [0.5, 0.6) is 11.5 Å². The van der Waals surface area contributed by atoms with Gasteiger partial charge in [-0.2, -0.15) is 8.78 Å². The predicted molar refractivity (Wildman–Crippen MR) is 86.4 cm³/mol. The summed E-state index contributed by atoms with van der Waals surface area (Å²) in [6.07, 6.45) is 3.85. The molecule has 0 saturated heterocycles. The fourth-order valence-corrected chi connectivity index (χ4v) is 2.43. The van der Waals surface area contributed by atoms with E-state index in [1.54, 1.807) is 18.2 Å². The quantitative estimate of drug-likeness (QED) is 0.846. The van der Waals surface area contributed by atoms with Crippen molar-refractivity contribution in [2.75, 3.05) is 11.9 Å². The lowest BCUT2D eigenvalue weighted by atomic mass is 10.1. The number of carbonyl (C=O) groups excluding carboxylic acids is 1. The molecular weight excluding hydrogens is 316 g/mol. The molecule has 24 heavy (non-hydrogen) atoms. The number of alkyl halides is 2. The van der Waals surface area contributed by atoms with Crippen molar-refractivity contribution in [1.82, 2.24) is 0 Å². The second kappa shape index (κ2) is 7.12. The van der Waals surface area contributed by atoms with Crippen LogP contribution in [-0.4, -0.2) is 19.1 Å². The largest absolute Gasteiger partial charge is 0.493 e. The molecule has 0 radical (unpaired) electrons. The number of benzene rings is 2. The van der Waals surface area contributed by atoms with Crippen LogP contribution in [0.15, 0.2) is 48.5 Å². The Labute approximate surface area is 137 Å². The van der Waals surface area contributed by atoms with Gasteiger partial charge in [-0.25, -0.2) is 0 Å². The first-order valence-corrected chi connectivity index (χ1v) is 7.40. The van der Waals surface area contributed by atoms with E-state index in [1.807, 2.05) is 18.2 Å². The van der Waals surface area contributed by atoms with Gasteiger partial charge in [0.1, 0.15) is 11.5 Å². The number of carbonyl (C=O) groups is 1. The third kappa shape index (κ3) is 3.90. The molecule has 0 bridgehead atoms. The Hall–Kier alpha value is -2.89. The SMILES string of the molecule is O=C(C=Cc1ccc2c(c1)CCO2)Nc1ccccc1OC(F)F. The Morgan fingerprint density at radius 2 is 2.08 bits per heavy atom. The highest BCUT2D eigenvalue weighted by molar-refractivity contribution is 6.02. The molecule has 1 heterocycles. The van der Waals surface area contributed by atoms with E-state index in [0.29, 0.717) is 6.61 Å². The summed E-state index contributed by atoms with van der Waals surface area (Å²) >= 11 is 0. The molecule has 1 amide bonds. The number of amides is 1. The van der Waals surface area contributed by atoms with Crippen LogP contribution < -0.4 is 14.8 Å². The molecule has 0 aromatic heterocycles. The number of ether oxygens (including phenoxy) is 2. The van der Waals surface area contributed by atoms with E-state index in [2.05, 4.69) is 10.1 Å². The first kappa shape index (κ1) is 16.0. The average molecular weight is 331 g/mol. The van der Waals surface area contributed by atoms with Crippen LogP contribution in [0.25, 0.3) is 6.08 Å². The number of nitrogens with one attached hydrogen (secondary N) is 1. The minimum atomic E-state index is -2.95. The molecule has 2 aromatic carbocycles. The number of anilines is 1. The lowest BCUT2D eigenvalue weighted by molar-refractivity contribution is -0.111. The average Bonchev–Trinajstić information content (AvgIpc) is 3.02. The Morgan fingerprint density at radius 3 is 2.92 bits per heavy atom. The van der Waals surface area contributed by atoms with Crippen LogP contribution in [0.2, 0.25) is 0 Å². The van der Waals surface area contributed by atoms with Crippen molar-refractivity contribution in [2.24, 2.45) is 0 Å². The Kier molecular flexibility index (Phi) is 4.74. The molecule has 1 N–H and O–H groups in total. The lowest BCUT2D eigenvalue weighted by Gasteiger charge is -2.10. The first-order valence-electron chi connectivity index (χ1n) is 7.40. The maximum atomic E-state index is 12.4. The van der Waals surface area contributed by atoms with Gasteiger partial charge in [0.2, 0.25) is 5.91 Å². The molecule has 0 spiro atoms. The molecule has 1 aliphatic rings. The molecule has 0 unspecified atom stereocenters. The van der Waals surface area contributed by atoms with Gasteiger partial charge in [0.05, 0.1) is 12.3 Å². The van der Waals surface area contributed by atoms with Gasteiger partial charge in [-0.15, -0.1) is 0 Å². The summed E-state index contributed by atoms with van der Waals surface area (Å²) in [6, 6.07) is 11.7. The fourth-order valence-electron chi connectivity index (χ4n) is 2.43. The molecule has 2 aromatic rings. The highest BCUT2D eigenvalue weighted by atomic mass is 19.3.